The Labute approximate surface area is 148 Å². The predicted octanol–water partition coefficient (Wildman–Crippen LogP) is 3.65. The van der Waals surface area contributed by atoms with Gasteiger partial charge in [-0.3, -0.25) is 4.79 Å². The quantitative estimate of drug-likeness (QED) is 0.750. The average molecular weight is 394 g/mol. The zero-order chi connectivity index (χ0) is 18.1. The van der Waals surface area contributed by atoms with E-state index < -0.39 is 33.4 Å². The van der Waals surface area contributed by atoms with Crippen LogP contribution in [0.1, 0.15) is 13.8 Å². The summed E-state index contributed by atoms with van der Waals surface area (Å²) in [6.07, 6.45) is 0. The van der Waals surface area contributed by atoms with Crippen LogP contribution in [0.3, 0.4) is 0 Å². The van der Waals surface area contributed by atoms with Crippen molar-refractivity contribution in [2.24, 2.45) is 0 Å². The largest absolute Gasteiger partial charge is 0.502 e. The molecule has 10 heteroatoms. The van der Waals surface area contributed by atoms with Gasteiger partial charge in [-0.1, -0.05) is 23.2 Å². The van der Waals surface area contributed by atoms with E-state index in [-0.39, 0.29) is 22.1 Å². The van der Waals surface area contributed by atoms with Crippen molar-refractivity contribution in [3.8, 4) is 22.8 Å². The van der Waals surface area contributed by atoms with Gasteiger partial charge in [-0.25, -0.2) is 13.1 Å². The summed E-state index contributed by atoms with van der Waals surface area (Å²) in [5.41, 5.74) is 0.206. The summed E-state index contributed by atoms with van der Waals surface area (Å²) < 4.78 is 35.8. The predicted molar refractivity (Wildman–Crippen MR) is 90.2 cm³/mol. The second kappa shape index (κ2) is 6.92. The van der Waals surface area contributed by atoms with Crippen LogP contribution >= 0.6 is 23.2 Å². The van der Waals surface area contributed by atoms with Gasteiger partial charge in [0.2, 0.25) is 21.5 Å². The molecular formula is C14H13Cl2NO6S. The Morgan fingerprint density at radius 3 is 2.62 bits per heavy atom. The Balaban J connectivity index is 2.64. The minimum Gasteiger partial charge on any atom is -0.502 e. The zero-order valence-corrected chi connectivity index (χ0v) is 14.9. The molecule has 2 rings (SSSR count). The van der Waals surface area contributed by atoms with Crippen molar-refractivity contribution in [2.45, 2.75) is 13.8 Å². The monoisotopic (exact) mass is 393 g/mol. The normalized spacial score (nSPS) is 11.3. The lowest BCUT2D eigenvalue weighted by atomic mass is 10.1. The number of anilines is 1. The summed E-state index contributed by atoms with van der Waals surface area (Å²) in [6.45, 7) is 2.50. The van der Waals surface area contributed by atoms with E-state index in [2.05, 4.69) is 4.72 Å². The van der Waals surface area contributed by atoms with E-state index in [4.69, 9.17) is 32.4 Å². The van der Waals surface area contributed by atoms with E-state index in [0.29, 0.717) is 5.02 Å². The van der Waals surface area contributed by atoms with E-state index in [1.165, 1.54) is 25.1 Å². The Hall–Kier alpha value is -1.90. The van der Waals surface area contributed by atoms with Gasteiger partial charge in [0.05, 0.1) is 10.8 Å². The molecule has 0 unspecified atom stereocenters. The van der Waals surface area contributed by atoms with E-state index in [9.17, 15) is 18.3 Å². The summed E-state index contributed by atoms with van der Waals surface area (Å²) in [5, 5.41) is 10.8. The molecule has 1 heterocycles. The molecule has 1 aromatic carbocycles. The number of sulfonamides is 1. The molecule has 0 amide bonds. The number of carbonyl (C=O) groups excluding carboxylic acids is 1. The standard InChI is InChI=1S/C14H13Cl2NO6S/c1-3-24(20,21)17-14-13(22-7(2)18)11(19)12(23-14)9-6-8(15)4-5-10(9)16/h4-6,17,19H,3H2,1-2H3. The van der Waals surface area contributed by atoms with Crippen LogP contribution in [0.25, 0.3) is 11.3 Å². The molecule has 0 saturated carbocycles. The Kier molecular flexibility index (Phi) is 5.32. The number of rotatable bonds is 5. The molecule has 0 saturated heterocycles. The fourth-order valence-corrected chi connectivity index (χ4v) is 2.72. The lowest BCUT2D eigenvalue weighted by Crippen LogP contribution is -2.15. The first kappa shape index (κ1) is 18.4. The van der Waals surface area contributed by atoms with Gasteiger partial charge in [0, 0.05) is 17.5 Å². The maximum atomic E-state index is 11.7. The van der Waals surface area contributed by atoms with Gasteiger partial charge in [0.25, 0.3) is 5.88 Å². The molecule has 0 radical (unpaired) electrons. The highest BCUT2D eigenvalue weighted by atomic mass is 35.5. The molecule has 0 fully saturated rings. The number of halogens is 2. The molecule has 24 heavy (non-hydrogen) atoms. The molecule has 7 nitrogen and oxygen atoms in total. The Morgan fingerprint density at radius 2 is 2.04 bits per heavy atom. The minimum absolute atomic E-state index is 0.187. The summed E-state index contributed by atoms with van der Waals surface area (Å²) in [4.78, 5) is 11.2. The van der Waals surface area contributed by atoms with Gasteiger partial charge in [-0.15, -0.1) is 0 Å². The molecule has 0 aliphatic rings. The molecule has 0 aliphatic carbocycles. The first-order valence-corrected chi connectivity index (χ1v) is 9.05. The number of nitrogens with one attached hydrogen (secondary N) is 1. The number of carbonyl (C=O) groups is 1. The van der Waals surface area contributed by atoms with Crippen molar-refractivity contribution in [1.29, 1.82) is 0 Å². The number of hydrogen-bond donors (Lipinski definition) is 2. The van der Waals surface area contributed by atoms with Gasteiger partial charge in [-0.2, -0.15) is 0 Å². The highest BCUT2D eigenvalue weighted by Crippen LogP contribution is 2.48. The number of aromatic hydroxyl groups is 1. The fourth-order valence-electron chi connectivity index (χ4n) is 1.78. The van der Waals surface area contributed by atoms with Crippen molar-refractivity contribution < 1.29 is 27.5 Å². The molecule has 0 aliphatic heterocycles. The molecule has 2 N–H and O–H groups in total. The van der Waals surface area contributed by atoms with Crippen LogP contribution in [-0.4, -0.2) is 25.2 Å². The van der Waals surface area contributed by atoms with Crippen LogP contribution in [0, 0.1) is 0 Å². The van der Waals surface area contributed by atoms with Crippen LogP contribution in [0.15, 0.2) is 22.6 Å². The lowest BCUT2D eigenvalue weighted by molar-refractivity contribution is -0.131. The van der Waals surface area contributed by atoms with Crippen LogP contribution in [0.5, 0.6) is 11.5 Å². The van der Waals surface area contributed by atoms with Crippen LogP contribution < -0.4 is 9.46 Å². The number of hydrogen-bond acceptors (Lipinski definition) is 6. The second-order valence-corrected chi connectivity index (χ2v) is 7.52. The third-order valence-corrected chi connectivity index (χ3v) is 4.71. The SMILES string of the molecule is CCS(=O)(=O)Nc1oc(-c2cc(Cl)ccc2Cl)c(O)c1OC(C)=O. The summed E-state index contributed by atoms with van der Waals surface area (Å²) >= 11 is 12.0. The molecule has 0 spiro atoms. The maximum absolute atomic E-state index is 11.7. The number of benzene rings is 1. The summed E-state index contributed by atoms with van der Waals surface area (Å²) in [7, 11) is -3.74. The molecule has 2 aromatic rings. The van der Waals surface area contributed by atoms with Crippen molar-refractivity contribution in [1.82, 2.24) is 0 Å². The average Bonchev–Trinajstić information content (AvgIpc) is 2.78. The third kappa shape index (κ3) is 3.95. The topological polar surface area (TPSA) is 106 Å². The fraction of sp³-hybridized carbons (Fsp3) is 0.214. The summed E-state index contributed by atoms with van der Waals surface area (Å²) in [5.74, 6) is -2.68. The highest BCUT2D eigenvalue weighted by molar-refractivity contribution is 7.92. The second-order valence-electron chi connectivity index (χ2n) is 4.66. The van der Waals surface area contributed by atoms with E-state index in [0.717, 1.165) is 6.92 Å². The lowest BCUT2D eigenvalue weighted by Gasteiger charge is -2.04. The highest BCUT2D eigenvalue weighted by Gasteiger charge is 2.27. The smallest absolute Gasteiger partial charge is 0.308 e. The molecule has 0 atom stereocenters. The van der Waals surface area contributed by atoms with E-state index in [1.807, 2.05) is 0 Å². The first-order valence-electron chi connectivity index (χ1n) is 6.64. The van der Waals surface area contributed by atoms with Gasteiger partial charge in [0.1, 0.15) is 0 Å². The number of ether oxygens (including phenoxy) is 1. The Morgan fingerprint density at radius 1 is 1.38 bits per heavy atom. The van der Waals surface area contributed by atoms with Crippen LogP contribution in [0.4, 0.5) is 5.88 Å². The molecule has 0 bridgehead atoms. The van der Waals surface area contributed by atoms with Gasteiger partial charge >= 0.3 is 5.97 Å². The van der Waals surface area contributed by atoms with Crippen molar-refractivity contribution in [3.05, 3.63) is 28.2 Å². The van der Waals surface area contributed by atoms with E-state index >= 15 is 0 Å². The third-order valence-electron chi connectivity index (χ3n) is 2.89. The first-order chi connectivity index (χ1) is 11.1. The molecule has 1 aromatic heterocycles. The van der Waals surface area contributed by atoms with Crippen LogP contribution in [0.2, 0.25) is 10.0 Å². The van der Waals surface area contributed by atoms with Crippen molar-refractivity contribution in [3.63, 3.8) is 0 Å². The van der Waals surface area contributed by atoms with Crippen molar-refractivity contribution >= 4 is 45.1 Å². The van der Waals surface area contributed by atoms with E-state index in [1.54, 1.807) is 0 Å². The van der Waals surface area contributed by atoms with Gasteiger partial charge < -0.3 is 14.3 Å². The van der Waals surface area contributed by atoms with Crippen molar-refractivity contribution in [2.75, 3.05) is 10.5 Å². The number of furan rings is 1. The maximum Gasteiger partial charge on any atom is 0.308 e. The van der Waals surface area contributed by atoms with Gasteiger partial charge in [-0.05, 0) is 25.1 Å². The van der Waals surface area contributed by atoms with Crippen LogP contribution in [-0.2, 0) is 14.8 Å². The Bertz CT molecular complexity index is 891. The minimum atomic E-state index is -3.74. The number of esters is 1. The zero-order valence-electron chi connectivity index (χ0n) is 12.6. The molecular weight excluding hydrogens is 381 g/mol. The summed E-state index contributed by atoms with van der Waals surface area (Å²) in [6, 6.07) is 4.42. The van der Waals surface area contributed by atoms with Gasteiger partial charge in [0.15, 0.2) is 5.76 Å². The molecule has 130 valence electrons.